The maximum absolute atomic E-state index is 9.50. The van der Waals surface area contributed by atoms with Crippen LogP contribution in [0.3, 0.4) is 0 Å². The zero-order valence-corrected chi connectivity index (χ0v) is 27.6. The summed E-state index contributed by atoms with van der Waals surface area (Å²) in [5.74, 6) is 1.94. The Hall–Kier alpha value is -4.22. The normalized spacial score (nSPS) is 12.4. The Morgan fingerprint density at radius 2 is 1.02 bits per heavy atom. The summed E-state index contributed by atoms with van der Waals surface area (Å²) >= 11 is 0. The fourth-order valence-electron chi connectivity index (χ4n) is 5.09. The van der Waals surface area contributed by atoms with Crippen molar-refractivity contribution in [1.82, 2.24) is 20.6 Å². The van der Waals surface area contributed by atoms with E-state index in [4.69, 9.17) is 18.9 Å². The Balaban J connectivity index is 1.44. The summed E-state index contributed by atoms with van der Waals surface area (Å²) in [7, 11) is 3.17. The van der Waals surface area contributed by atoms with Crippen molar-refractivity contribution >= 4 is 0 Å². The second kappa shape index (κ2) is 16.9. The van der Waals surface area contributed by atoms with Crippen LogP contribution in [-0.2, 0) is 26.3 Å². The number of aliphatic hydroxyl groups excluding tert-OH is 2. The lowest BCUT2D eigenvalue weighted by Crippen LogP contribution is -2.24. The quantitative estimate of drug-likeness (QED) is 0.128. The van der Waals surface area contributed by atoms with Gasteiger partial charge in [0.15, 0.2) is 0 Å². The lowest BCUT2D eigenvalue weighted by Gasteiger charge is -2.17. The molecule has 0 fully saturated rings. The van der Waals surface area contributed by atoms with E-state index >= 15 is 0 Å². The molecule has 246 valence electrons. The summed E-state index contributed by atoms with van der Waals surface area (Å²) in [5, 5.41) is 25.4. The molecule has 10 heteroatoms. The molecule has 10 nitrogen and oxygen atoms in total. The van der Waals surface area contributed by atoms with Crippen LogP contribution in [0.1, 0.15) is 47.2 Å². The van der Waals surface area contributed by atoms with Crippen molar-refractivity contribution in [2.24, 2.45) is 0 Å². The number of aromatic nitrogens is 2. The van der Waals surface area contributed by atoms with E-state index in [1.54, 1.807) is 28.1 Å². The van der Waals surface area contributed by atoms with Crippen LogP contribution in [0.25, 0.3) is 11.1 Å². The zero-order chi connectivity index (χ0) is 33.1. The summed E-state index contributed by atoms with van der Waals surface area (Å²) in [6, 6.07) is 20.0. The summed E-state index contributed by atoms with van der Waals surface area (Å²) in [5.41, 5.74) is 8.39. The van der Waals surface area contributed by atoms with Crippen LogP contribution in [0, 0.1) is 13.8 Å². The molecule has 4 N–H and O–H groups in total. The predicted octanol–water partition coefficient (Wildman–Crippen LogP) is 4.88. The first-order valence-corrected chi connectivity index (χ1v) is 15.5. The van der Waals surface area contributed by atoms with Gasteiger partial charge in [0.25, 0.3) is 0 Å². The van der Waals surface area contributed by atoms with Gasteiger partial charge in [0.05, 0.1) is 26.4 Å². The largest absolute Gasteiger partial charge is 0.481 e. The number of benzene rings is 2. The van der Waals surface area contributed by atoms with E-state index in [0.717, 1.165) is 44.5 Å². The Morgan fingerprint density at radius 3 is 1.39 bits per heavy atom. The number of nitrogens with zero attached hydrogens (tertiary/aromatic N) is 2. The second-order valence-corrected chi connectivity index (χ2v) is 11.4. The molecule has 0 saturated carbocycles. The van der Waals surface area contributed by atoms with Gasteiger partial charge in [-0.05, 0) is 73.2 Å². The van der Waals surface area contributed by atoms with Crippen molar-refractivity contribution < 1.29 is 29.2 Å². The monoisotopic (exact) mass is 630 g/mol. The molecule has 0 aliphatic carbocycles. The molecule has 2 aromatic carbocycles. The number of methoxy groups -OCH3 is 2. The maximum Gasteiger partial charge on any atom is 0.220 e. The molecule has 2 atom stereocenters. The second-order valence-electron chi connectivity index (χ2n) is 11.4. The highest BCUT2D eigenvalue weighted by Crippen LogP contribution is 2.31. The minimum atomic E-state index is -0.429. The van der Waals surface area contributed by atoms with Crippen molar-refractivity contribution in [3.05, 3.63) is 94.0 Å². The van der Waals surface area contributed by atoms with Crippen molar-refractivity contribution in [2.45, 2.75) is 66.2 Å². The molecule has 2 heterocycles. The minimum Gasteiger partial charge on any atom is -0.481 e. The van der Waals surface area contributed by atoms with Crippen LogP contribution in [0.4, 0.5) is 0 Å². The third kappa shape index (κ3) is 9.40. The van der Waals surface area contributed by atoms with Gasteiger partial charge in [0.1, 0.15) is 13.2 Å². The van der Waals surface area contributed by atoms with Gasteiger partial charge in [-0.1, -0.05) is 36.4 Å². The molecule has 46 heavy (non-hydrogen) atoms. The number of rotatable bonds is 17. The molecule has 0 aliphatic heterocycles. The van der Waals surface area contributed by atoms with E-state index in [2.05, 4.69) is 58.7 Å². The smallest absolute Gasteiger partial charge is 0.220 e. The molecule has 0 bridgehead atoms. The van der Waals surface area contributed by atoms with Crippen LogP contribution < -0.4 is 29.6 Å². The fraction of sp³-hybridized carbons (Fsp3) is 0.389. The number of hydrogen-bond donors (Lipinski definition) is 4. The zero-order valence-electron chi connectivity index (χ0n) is 27.6. The summed E-state index contributed by atoms with van der Waals surface area (Å²) in [4.78, 5) is 9.07. The summed E-state index contributed by atoms with van der Waals surface area (Å²) in [6.07, 6.45) is -0.859. The third-order valence-corrected chi connectivity index (χ3v) is 7.66. The van der Waals surface area contributed by atoms with E-state index in [-0.39, 0.29) is 0 Å². The highest BCUT2D eigenvalue weighted by molar-refractivity contribution is 5.72. The van der Waals surface area contributed by atoms with Gasteiger partial charge in [0.2, 0.25) is 23.5 Å². The molecule has 2 aromatic heterocycles. The maximum atomic E-state index is 9.50. The first kappa shape index (κ1) is 34.6. The highest BCUT2D eigenvalue weighted by Gasteiger charge is 2.14. The van der Waals surface area contributed by atoms with Gasteiger partial charge in [0, 0.05) is 49.4 Å². The lowest BCUT2D eigenvalue weighted by atomic mass is 9.92. The van der Waals surface area contributed by atoms with Crippen LogP contribution in [-0.4, -0.2) is 59.7 Å². The van der Waals surface area contributed by atoms with Gasteiger partial charge < -0.3 is 39.8 Å². The van der Waals surface area contributed by atoms with Crippen LogP contribution in [0.15, 0.2) is 60.7 Å². The van der Waals surface area contributed by atoms with Crippen molar-refractivity contribution in [1.29, 1.82) is 0 Å². The summed E-state index contributed by atoms with van der Waals surface area (Å²) in [6.45, 7) is 10.4. The van der Waals surface area contributed by atoms with Crippen LogP contribution in [0.2, 0.25) is 0 Å². The first-order valence-electron chi connectivity index (χ1n) is 15.5. The third-order valence-electron chi connectivity index (χ3n) is 7.66. The molecule has 4 rings (SSSR count). The van der Waals surface area contributed by atoms with E-state index in [9.17, 15) is 10.2 Å². The summed E-state index contributed by atoms with van der Waals surface area (Å²) < 4.78 is 23.2. The van der Waals surface area contributed by atoms with Crippen LogP contribution in [0.5, 0.6) is 23.5 Å². The van der Waals surface area contributed by atoms with Gasteiger partial charge in [-0.25, -0.2) is 0 Å². The van der Waals surface area contributed by atoms with Crippen LogP contribution >= 0.6 is 0 Å². The molecule has 0 unspecified atom stereocenters. The average molecular weight is 631 g/mol. The average Bonchev–Trinajstić information content (AvgIpc) is 3.04. The molecular formula is C36H46N4O6. The Labute approximate surface area is 271 Å². The topological polar surface area (TPSA) is 127 Å². The number of nitrogens with one attached hydrogen (secondary N) is 2. The molecule has 0 amide bonds. The molecule has 0 spiro atoms. The van der Waals surface area contributed by atoms with Crippen molar-refractivity contribution in [2.75, 3.05) is 27.3 Å². The van der Waals surface area contributed by atoms with Crippen molar-refractivity contribution in [3.63, 3.8) is 0 Å². The number of ether oxygens (including phenoxy) is 4. The van der Waals surface area contributed by atoms with E-state index in [0.29, 0.717) is 62.9 Å². The molecular weight excluding hydrogens is 584 g/mol. The van der Waals surface area contributed by atoms with E-state index < -0.39 is 12.2 Å². The Bertz CT molecular complexity index is 1460. The van der Waals surface area contributed by atoms with E-state index in [1.807, 2.05) is 36.4 Å². The SMILES string of the molecule is COc1nc(OCc2cccc(-c3cccc(COc4ccc(CNC[C@H](C)O)c(OC)n4)c3C)c2C)ccc1CNC[C@H](C)O. The molecule has 4 aromatic rings. The number of aliphatic hydroxyl groups is 2. The number of hydrogen-bond acceptors (Lipinski definition) is 10. The van der Waals surface area contributed by atoms with Gasteiger partial charge >= 0.3 is 0 Å². The van der Waals surface area contributed by atoms with Gasteiger partial charge in [-0.15, -0.1) is 0 Å². The minimum absolute atomic E-state index is 0.356. The Kier molecular flexibility index (Phi) is 12.7. The van der Waals surface area contributed by atoms with Gasteiger partial charge in [-0.2, -0.15) is 9.97 Å². The first-order chi connectivity index (χ1) is 22.2. The molecule has 0 saturated heterocycles. The van der Waals surface area contributed by atoms with Gasteiger partial charge in [-0.3, -0.25) is 0 Å². The van der Waals surface area contributed by atoms with Crippen molar-refractivity contribution in [3.8, 4) is 34.6 Å². The number of pyridine rings is 2. The highest BCUT2D eigenvalue weighted by atomic mass is 16.5. The Morgan fingerprint density at radius 1 is 0.609 bits per heavy atom. The predicted molar refractivity (Wildman–Crippen MR) is 178 cm³/mol. The lowest BCUT2D eigenvalue weighted by molar-refractivity contribution is 0.190. The molecule has 0 aliphatic rings. The fourth-order valence-corrected chi connectivity index (χ4v) is 5.09. The molecule has 0 radical (unpaired) electrons. The standard InChI is InChI=1S/C36H46N4O6/c1-23(41)17-37-19-27-13-15-33(39-35(27)43-5)45-21-29-9-7-11-31(25(29)3)32-12-8-10-30(26(32)4)22-46-34-16-14-28(36(40-34)44-6)20-38-18-24(2)42/h7-16,23-24,37-38,41-42H,17-22H2,1-6H3/t23-,24-/m0/s1. The van der Waals surface area contributed by atoms with E-state index in [1.165, 1.54) is 0 Å².